The topological polar surface area (TPSA) is 24.9 Å². The number of benzene rings is 1. The van der Waals surface area contributed by atoms with Crippen LogP contribution < -0.4 is 5.32 Å². The molecule has 4 heteroatoms. The van der Waals surface area contributed by atoms with Crippen LogP contribution in [0.4, 0.5) is 10.1 Å². The van der Waals surface area contributed by atoms with Crippen LogP contribution in [0.1, 0.15) is 43.0 Å². The van der Waals surface area contributed by atoms with Crippen LogP contribution in [0.5, 0.6) is 0 Å². The van der Waals surface area contributed by atoms with Crippen molar-refractivity contribution in [2.45, 2.75) is 46.0 Å². The molecule has 1 aromatic carbocycles. The molecular formula is C17H20BrFN2. The van der Waals surface area contributed by atoms with Gasteiger partial charge < -0.3 is 5.32 Å². The second kappa shape index (κ2) is 5.91. The van der Waals surface area contributed by atoms with Crippen molar-refractivity contribution >= 4 is 32.5 Å². The third-order valence-corrected chi connectivity index (χ3v) is 4.95. The molecule has 1 aromatic heterocycles. The molecule has 2 aromatic rings. The number of nitrogens with one attached hydrogen (secondary N) is 1. The Bertz CT molecular complexity index is 697. The summed E-state index contributed by atoms with van der Waals surface area (Å²) in [4.78, 5) is 4.85. The molecule has 3 rings (SSSR count). The Labute approximate surface area is 133 Å². The third-order valence-electron chi connectivity index (χ3n) is 4.17. The molecule has 21 heavy (non-hydrogen) atoms. The average Bonchev–Trinajstić information content (AvgIpc) is 2.49. The quantitative estimate of drug-likeness (QED) is 0.828. The minimum Gasteiger partial charge on any atom is -0.384 e. The van der Waals surface area contributed by atoms with Crippen LogP contribution >= 0.6 is 15.9 Å². The van der Waals surface area contributed by atoms with E-state index in [-0.39, 0.29) is 5.82 Å². The summed E-state index contributed by atoms with van der Waals surface area (Å²) in [5, 5.41) is 4.43. The predicted molar refractivity (Wildman–Crippen MR) is 89.6 cm³/mol. The minimum atomic E-state index is -0.211. The summed E-state index contributed by atoms with van der Waals surface area (Å²) in [6.45, 7) is 4.97. The van der Waals surface area contributed by atoms with Gasteiger partial charge in [-0.2, -0.15) is 0 Å². The van der Waals surface area contributed by atoms with E-state index in [0.29, 0.717) is 4.47 Å². The molecule has 112 valence electrons. The van der Waals surface area contributed by atoms with E-state index in [9.17, 15) is 4.39 Å². The van der Waals surface area contributed by atoms with Gasteiger partial charge in [-0.05, 0) is 72.2 Å². The highest BCUT2D eigenvalue weighted by Crippen LogP contribution is 2.39. The first kappa shape index (κ1) is 14.8. The molecular weight excluding hydrogens is 331 g/mol. The molecule has 0 saturated carbocycles. The van der Waals surface area contributed by atoms with Crippen molar-refractivity contribution in [1.82, 2.24) is 4.98 Å². The standard InChI is InChI=1S/C17H20BrFN2/c1-3-8-20-17-11-6-4-5-7-13(11)21-16-10(2)9-12(19)15(18)14(16)17/h9H,3-8H2,1-2H3,(H,20,21). The van der Waals surface area contributed by atoms with Crippen LogP contribution in [0.15, 0.2) is 10.5 Å². The normalized spacial score (nSPS) is 14.3. The highest BCUT2D eigenvalue weighted by Gasteiger charge is 2.21. The Hall–Kier alpha value is -1.16. The fraction of sp³-hybridized carbons (Fsp3) is 0.471. The molecule has 1 aliphatic carbocycles. The molecule has 0 spiro atoms. The molecule has 0 amide bonds. The lowest BCUT2D eigenvalue weighted by atomic mass is 9.92. The summed E-state index contributed by atoms with van der Waals surface area (Å²) in [7, 11) is 0. The average molecular weight is 351 g/mol. The minimum absolute atomic E-state index is 0.211. The van der Waals surface area contributed by atoms with Crippen molar-refractivity contribution < 1.29 is 4.39 Å². The molecule has 1 N–H and O–H groups in total. The Morgan fingerprint density at radius 2 is 2.10 bits per heavy atom. The first-order chi connectivity index (χ1) is 10.1. The summed E-state index contributed by atoms with van der Waals surface area (Å²) in [5.74, 6) is -0.211. The monoisotopic (exact) mass is 350 g/mol. The second-order valence-electron chi connectivity index (χ2n) is 5.76. The van der Waals surface area contributed by atoms with E-state index in [2.05, 4.69) is 28.2 Å². The van der Waals surface area contributed by atoms with Gasteiger partial charge in [0.15, 0.2) is 0 Å². The number of rotatable bonds is 3. The number of nitrogens with zero attached hydrogens (tertiary/aromatic N) is 1. The Morgan fingerprint density at radius 3 is 2.86 bits per heavy atom. The van der Waals surface area contributed by atoms with E-state index in [0.717, 1.165) is 48.0 Å². The Kier molecular flexibility index (Phi) is 4.16. The van der Waals surface area contributed by atoms with Crippen LogP contribution in [0.3, 0.4) is 0 Å². The van der Waals surface area contributed by atoms with Crippen LogP contribution in [-0.4, -0.2) is 11.5 Å². The van der Waals surface area contributed by atoms with E-state index in [1.54, 1.807) is 6.07 Å². The number of hydrogen-bond acceptors (Lipinski definition) is 2. The summed E-state index contributed by atoms with van der Waals surface area (Å²) in [5.41, 5.74) is 5.38. The largest absolute Gasteiger partial charge is 0.384 e. The first-order valence-electron chi connectivity index (χ1n) is 7.67. The zero-order chi connectivity index (χ0) is 15.0. The van der Waals surface area contributed by atoms with Gasteiger partial charge in [-0.25, -0.2) is 4.39 Å². The highest BCUT2D eigenvalue weighted by molar-refractivity contribution is 9.10. The van der Waals surface area contributed by atoms with E-state index in [1.165, 1.54) is 24.1 Å². The second-order valence-corrected chi connectivity index (χ2v) is 6.55. The lowest BCUT2D eigenvalue weighted by Gasteiger charge is -2.23. The number of aromatic nitrogens is 1. The van der Waals surface area contributed by atoms with Crippen LogP contribution in [0, 0.1) is 12.7 Å². The maximum atomic E-state index is 14.1. The predicted octanol–water partition coefficient (Wildman–Crippen LogP) is 5.15. The van der Waals surface area contributed by atoms with Gasteiger partial charge in [0.2, 0.25) is 0 Å². The van der Waals surface area contributed by atoms with Crippen LogP contribution in [0.25, 0.3) is 10.9 Å². The number of aryl methyl sites for hydroxylation is 2. The molecule has 0 unspecified atom stereocenters. The van der Waals surface area contributed by atoms with Crippen molar-refractivity contribution in [2.24, 2.45) is 0 Å². The summed E-state index contributed by atoms with van der Waals surface area (Å²) >= 11 is 3.43. The highest BCUT2D eigenvalue weighted by atomic mass is 79.9. The van der Waals surface area contributed by atoms with E-state index in [4.69, 9.17) is 4.98 Å². The van der Waals surface area contributed by atoms with Gasteiger partial charge >= 0.3 is 0 Å². The maximum absolute atomic E-state index is 14.1. The van der Waals surface area contributed by atoms with Gasteiger partial charge in [0.1, 0.15) is 5.82 Å². The number of halogens is 2. The van der Waals surface area contributed by atoms with Gasteiger partial charge in [0.05, 0.1) is 9.99 Å². The SMILES string of the molecule is CCCNc1c2c(nc3c(C)cc(F)c(Br)c13)CCCC2. The van der Waals surface area contributed by atoms with Gasteiger partial charge in [-0.1, -0.05) is 6.92 Å². The van der Waals surface area contributed by atoms with E-state index in [1.807, 2.05) is 6.92 Å². The Morgan fingerprint density at radius 1 is 1.33 bits per heavy atom. The molecule has 0 bridgehead atoms. The molecule has 1 heterocycles. The van der Waals surface area contributed by atoms with Gasteiger partial charge in [0, 0.05) is 23.3 Å². The smallest absolute Gasteiger partial charge is 0.138 e. The number of hydrogen-bond donors (Lipinski definition) is 1. The summed E-state index contributed by atoms with van der Waals surface area (Å²) in [6, 6.07) is 1.57. The third kappa shape index (κ3) is 2.54. The van der Waals surface area contributed by atoms with Crippen molar-refractivity contribution in [3.05, 3.63) is 33.2 Å². The lowest BCUT2D eigenvalue weighted by Crippen LogP contribution is -2.12. The number of pyridine rings is 1. The fourth-order valence-electron chi connectivity index (χ4n) is 3.13. The fourth-order valence-corrected chi connectivity index (χ4v) is 3.63. The molecule has 1 aliphatic rings. The van der Waals surface area contributed by atoms with Crippen LogP contribution in [0.2, 0.25) is 0 Å². The Balaban J connectivity index is 2.35. The molecule has 0 atom stereocenters. The van der Waals surface area contributed by atoms with Crippen molar-refractivity contribution in [2.75, 3.05) is 11.9 Å². The van der Waals surface area contributed by atoms with Crippen molar-refractivity contribution in [3.8, 4) is 0 Å². The molecule has 0 aliphatic heterocycles. The molecule has 0 radical (unpaired) electrons. The van der Waals surface area contributed by atoms with E-state index >= 15 is 0 Å². The molecule has 2 nitrogen and oxygen atoms in total. The van der Waals surface area contributed by atoms with Gasteiger partial charge in [-0.15, -0.1) is 0 Å². The summed E-state index contributed by atoms with van der Waals surface area (Å²) in [6.07, 6.45) is 5.49. The zero-order valence-electron chi connectivity index (χ0n) is 12.5. The first-order valence-corrected chi connectivity index (χ1v) is 8.46. The van der Waals surface area contributed by atoms with Gasteiger partial charge in [-0.3, -0.25) is 4.98 Å². The van der Waals surface area contributed by atoms with Crippen molar-refractivity contribution in [1.29, 1.82) is 0 Å². The van der Waals surface area contributed by atoms with Gasteiger partial charge in [0.25, 0.3) is 0 Å². The lowest BCUT2D eigenvalue weighted by molar-refractivity contribution is 0.622. The molecule has 0 fully saturated rings. The summed E-state index contributed by atoms with van der Waals surface area (Å²) < 4.78 is 14.7. The molecule has 0 saturated heterocycles. The maximum Gasteiger partial charge on any atom is 0.138 e. The number of anilines is 1. The zero-order valence-corrected chi connectivity index (χ0v) is 14.1. The van der Waals surface area contributed by atoms with Crippen LogP contribution in [-0.2, 0) is 12.8 Å². The van der Waals surface area contributed by atoms with Crippen molar-refractivity contribution in [3.63, 3.8) is 0 Å². The van der Waals surface area contributed by atoms with E-state index < -0.39 is 0 Å². The number of fused-ring (bicyclic) bond motifs is 2.